The molecule has 29 heavy (non-hydrogen) atoms. The fourth-order valence-corrected chi connectivity index (χ4v) is 3.93. The first kappa shape index (κ1) is 18.4. The van der Waals surface area contributed by atoms with Crippen molar-refractivity contribution in [2.24, 2.45) is 0 Å². The molecule has 1 fully saturated rings. The van der Waals surface area contributed by atoms with Crippen molar-refractivity contribution in [1.29, 1.82) is 0 Å². The minimum Gasteiger partial charge on any atom is -0.491 e. The molecular formula is C22H26N4O3. The maximum absolute atomic E-state index is 6.02. The van der Waals surface area contributed by atoms with Gasteiger partial charge in [-0.2, -0.15) is 10.2 Å². The second kappa shape index (κ2) is 8.39. The summed E-state index contributed by atoms with van der Waals surface area (Å²) in [6.45, 7) is 3.30. The molecule has 1 aromatic carbocycles. The minimum atomic E-state index is -0.0190. The zero-order valence-corrected chi connectivity index (χ0v) is 16.5. The van der Waals surface area contributed by atoms with Gasteiger partial charge in [0.2, 0.25) is 0 Å². The predicted octanol–water partition coefficient (Wildman–Crippen LogP) is 3.95. The Morgan fingerprint density at radius 2 is 2.07 bits per heavy atom. The van der Waals surface area contributed by atoms with Gasteiger partial charge in [0.05, 0.1) is 24.9 Å². The summed E-state index contributed by atoms with van der Waals surface area (Å²) in [7, 11) is 0. The summed E-state index contributed by atoms with van der Waals surface area (Å²) in [5.74, 6) is 0.821. The van der Waals surface area contributed by atoms with Crippen LogP contribution in [0, 0.1) is 0 Å². The van der Waals surface area contributed by atoms with Crippen LogP contribution in [0.5, 0.6) is 5.75 Å². The monoisotopic (exact) mass is 394 g/mol. The number of allylic oxidation sites excluding steroid dienone is 1. The van der Waals surface area contributed by atoms with Gasteiger partial charge in [-0.3, -0.25) is 4.68 Å². The molecule has 1 atom stereocenters. The van der Waals surface area contributed by atoms with Crippen LogP contribution >= 0.6 is 0 Å². The van der Waals surface area contributed by atoms with E-state index < -0.39 is 0 Å². The largest absolute Gasteiger partial charge is 0.491 e. The van der Waals surface area contributed by atoms with Gasteiger partial charge in [0, 0.05) is 30.3 Å². The maximum atomic E-state index is 6.02. The van der Waals surface area contributed by atoms with E-state index in [0.29, 0.717) is 19.8 Å². The zero-order chi connectivity index (χ0) is 19.5. The van der Waals surface area contributed by atoms with Crippen molar-refractivity contribution < 1.29 is 14.2 Å². The van der Waals surface area contributed by atoms with Gasteiger partial charge in [-0.15, -0.1) is 0 Å². The van der Waals surface area contributed by atoms with Gasteiger partial charge >= 0.3 is 0 Å². The molecule has 1 unspecified atom stereocenters. The summed E-state index contributed by atoms with van der Waals surface area (Å²) in [6.07, 6.45) is 12.3. The second-order valence-corrected chi connectivity index (χ2v) is 7.47. The van der Waals surface area contributed by atoms with E-state index in [9.17, 15) is 0 Å². The minimum absolute atomic E-state index is 0.0190. The van der Waals surface area contributed by atoms with Crippen molar-refractivity contribution in [2.75, 3.05) is 26.4 Å². The molecule has 1 saturated heterocycles. The third-order valence-electron chi connectivity index (χ3n) is 5.41. The molecule has 0 aliphatic carbocycles. The number of rotatable bonds is 1. The van der Waals surface area contributed by atoms with Crippen molar-refractivity contribution in [3.05, 3.63) is 42.7 Å². The lowest BCUT2D eigenvalue weighted by atomic mass is 10.1. The zero-order valence-electron chi connectivity index (χ0n) is 16.5. The lowest BCUT2D eigenvalue weighted by Crippen LogP contribution is -2.19. The van der Waals surface area contributed by atoms with Gasteiger partial charge < -0.3 is 14.2 Å². The number of ether oxygens (including phenoxy) is 3. The molecule has 4 bridgehead atoms. The average molecular weight is 394 g/mol. The molecule has 2 aliphatic rings. The fraction of sp³-hybridized carbons (Fsp3) is 0.455. The highest BCUT2D eigenvalue weighted by Gasteiger charge is 2.22. The Morgan fingerprint density at radius 1 is 1.07 bits per heavy atom. The van der Waals surface area contributed by atoms with Crippen molar-refractivity contribution in [3.8, 4) is 17.0 Å². The van der Waals surface area contributed by atoms with Crippen LogP contribution in [0.2, 0.25) is 0 Å². The van der Waals surface area contributed by atoms with E-state index in [2.05, 4.69) is 29.5 Å². The molecule has 4 heterocycles. The van der Waals surface area contributed by atoms with E-state index in [-0.39, 0.29) is 6.23 Å². The van der Waals surface area contributed by atoms with Crippen LogP contribution < -0.4 is 4.74 Å². The molecule has 0 spiro atoms. The van der Waals surface area contributed by atoms with Crippen LogP contribution in [-0.4, -0.2) is 46.0 Å². The number of hydrogen-bond donors (Lipinski definition) is 0. The molecule has 0 radical (unpaired) electrons. The summed E-state index contributed by atoms with van der Waals surface area (Å²) < 4.78 is 21.5. The molecule has 7 nitrogen and oxygen atoms in total. The predicted molar refractivity (Wildman–Crippen MR) is 110 cm³/mol. The third kappa shape index (κ3) is 3.93. The number of aryl methyl sites for hydroxylation is 1. The lowest BCUT2D eigenvalue weighted by molar-refractivity contribution is -0.0365. The van der Waals surface area contributed by atoms with Crippen LogP contribution in [0.25, 0.3) is 22.2 Å². The molecular weight excluding hydrogens is 368 g/mol. The van der Waals surface area contributed by atoms with Crippen LogP contribution in [0.4, 0.5) is 0 Å². The molecule has 0 N–H and O–H groups in total. The quantitative estimate of drug-likeness (QED) is 0.585. The maximum Gasteiger partial charge on any atom is 0.150 e. The number of hydrogen-bond acceptors (Lipinski definition) is 5. The molecule has 3 aromatic rings. The van der Waals surface area contributed by atoms with E-state index in [1.807, 2.05) is 27.7 Å². The van der Waals surface area contributed by atoms with Crippen molar-refractivity contribution >= 4 is 10.9 Å². The van der Waals surface area contributed by atoms with Gasteiger partial charge in [-0.1, -0.05) is 12.2 Å². The first-order valence-corrected chi connectivity index (χ1v) is 10.4. The summed E-state index contributed by atoms with van der Waals surface area (Å²) in [5, 5.41) is 10.6. The summed E-state index contributed by atoms with van der Waals surface area (Å²) in [4.78, 5) is 0. The van der Waals surface area contributed by atoms with E-state index in [1.54, 1.807) is 0 Å². The highest BCUT2D eigenvalue weighted by atomic mass is 16.5. The SMILES string of the molecule is C1=C/COCCOc2ccc3c(c2)c(nn3C2CCCCO2)-c2cnn(c2)CC/1. The van der Waals surface area contributed by atoms with Gasteiger partial charge in [0.25, 0.3) is 0 Å². The van der Waals surface area contributed by atoms with E-state index in [0.717, 1.165) is 66.7 Å². The van der Waals surface area contributed by atoms with Crippen molar-refractivity contribution in [1.82, 2.24) is 19.6 Å². The number of fused-ring (bicyclic) bond motifs is 4. The summed E-state index contributed by atoms with van der Waals surface area (Å²) >= 11 is 0. The van der Waals surface area contributed by atoms with Crippen LogP contribution in [0.1, 0.15) is 31.9 Å². The van der Waals surface area contributed by atoms with E-state index >= 15 is 0 Å². The van der Waals surface area contributed by atoms with Gasteiger partial charge in [-0.05, 0) is 43.9 Å². The Hall–Kier alpha value is -2.64. The Bertz CT molecular complexity index is 1000. The molecule has 2 aliphatic heterocycles. The molecule has 5 rings (SSSR count). The molecule has 152 valence electrons. The third-order valence-corrected chi connectivity index (χ3v) is 5.41. The Labute approximate surface area is 169 Å². The Morgan fingerprint density at radius 3 is 3.00 bits per heavy atom. The standard InChI is InChI=1S/C22H26N4O3/c1-3-9-25-16-17(15-23-25)22-19-14-18(28-13-12-27-10-4-1)7-8-20(19)26(24-22)21-6-2-5-11-29-21/h1,4,7-8,14-16,21H,2-3,5-6,9-13H2/b4-1+. The van der Waals surface area contributed by atoms with E-state index in [4.69, 9.17) is 19.3 Å². The molecule has 0 amide bonds. The summed E-state index contributed by atoms with van der Waals surface area (Å²) in [6, 6.07) is 6.15. The summed E-state index contributed by atoms with van der Waals surface area (Å²) in [5.41, 5.74) is 3.00. The smallest absolute Gasteiger partial charge is 0.150 e. The molecule has 2 aromatic heterocycles. The Balaban J connectivity index is 1.58. The van der Waals surface area contributed by atoms with E-state index in [1.165, 1.54) is 0 Å². The first-order chi connectivity index (χ1) is 14.4. The normalized spacial score (nSPS) is 21.9. The topological polar surface area (TPSA) is 63.3 Å². The Kier molecular flexibility index (Phi) is 5.32. The average Bonchev–Trinajstić information content (AvgIpc) is 3.37. The van der Waals surface area contributed by atoms with Crippen LogP contribution in [0.3, 0.4) is 0 Å². The highest BCUT2D eigenvalue weighted by Crippen LogP contribution is 2.34. The highest BCUT2D eigenvalue weighted by molar-refractivity contribution is 5.94. The number of aromatic nitrogens is 4. The first-order valence-electron chi connectivity index (χ1n) is 10.4. The van der Waals surface area contributed by atoms with Crippen molar-refractivity contribution in [2.45, 2.75) is 38.5 Å². The molecule has 0 saturated carbocycles. The van der Waals surface area contributed by atoms with Gasteiger partial charge in [0.1, 0.15) is 18.1 Å². The van der Waals surface area contributed by atoms with Gasteiger partial charge in [0.15, 0.2) is 6.23 Å². The lowest BCUT2D eigenvalue weighted by Gasteiger charge is -2.23. The number of benzene rings is 1. The van der Waals surface area contributed by atoms with Crippen LogP contribution in [0.15, 0.2) is 42.7 Å². The van der Waals surface area contributed by atoms with Crippen LogP contribution in [-0.2, 0) is 16.0 Å². The second-order valence-electron chi connectivity index (χ2n) is 7.47. The fourth-order valence-electron chi connectivity index (χ4n) is 3.93. The molecule has 7 heteroatoms. The van der Waals surface area contributed by atoms with Crippen molar-refractivity contribution in [3.63, 3.8) is 0 Å². The number of nitrogens with zero attached hydrogens (tertiary/aromatic N) is 4. The van der Waals surface area contributed by atoms with Gasteiger partial charge in [-0.25, -0.2) is 4.68 Å².